The first-order chi connectivity index (χ1) is 8.50. The van der Waals surface area contributed by atoms with E-state index in [0.29, 0.717) is 17.4 Å². The van der Waals surface area contributed by atoms with Gasteiger partial charge in [-0.25, -0.2) is 0 Å². The lowest BCUT2D eigenvalue weighted by atomic mass is 9.85. The van der Waals surface area contributed by atoms with Gasteiger partial charge in [0.1, 0.15) is 12.0 Å². The van der Waals surface area contributed by atoms with E-state index in [1.54, 1.807) is 6.26 Å². The van der Waals surface area contributed by atoms with Crippen molar-refractivity contribution >= 4 is 5.91 Å². The fourth-order valence-electron chi connectivity index (χ4n) is 3.48. The van der Waals surface area contributed by atoms with Gasteiger partial charge in [0.25, 0.3) is 5.91 Å². The fraction of sp³-hybridized carbons (Fsp3) is 0.643. The van der Waals surface area contributed by atoms with Gasteiger partial charge in [0.15, 0.2) is 0 Å². The van der Waals surface area contributed by atoms with Gasteiger partial charge in [-0.1, -0.05) is 0 Å². The summed E-state index contributed by atoms with van der Waals surface area (Å²) in [5, 5.41) is 3.43. The maximum atomic E-state index is 12.6. The van der Waals surface area contributed by atoms with Gasteiger partial charge in [0, 0.05) is 25.2 Å². The van der Waals surface area contributed by atoms with Crippen LogP contribution in [0.15, 0.2) is 16.7 Å². The van der Waals surface area contributed by atoms with Crippen molar-refractivity contribution in [2.75, 3.05) is 19.6 Å². The van der Waals surface area contributed by atoms with Crippen LogP contribution < -0.4 is 5.32 Å². The van der Waals surface area contributed by atoms with Gasteiger partial charge in [0.05, 0.1) is 5.56 Å². The average Bonchev–Trinajstić information content (AvgIpc) is 2.96. The van der Waals surface area contributed by atoms with E-state index < -0.39 is 0 Å². The highest BCUT2D eigenvalue weighted by atomic mass is 16.3. The lowest BCUT2D eigenvalue weighted by molar-refractivity contribution is 0.0602. The summed E-state index contributed by atoms with van der Waals surface area (Å²) < 4.78 is 5.25. The van der Waals surface area contributed by atoms with Gasteiger partial charge < -0.3 is 14.6 Å². The van der Waals surface area contributed by atoms with Crippen molar-refractivity contribution in [3.05, 3.63) is 23.7 Å². The van der Waals surface area contributed by atoms with Gasteiger partial charge in [0.2, 0.25) is 0 Å². The maximum absolute atomic E-state index is 12.6. The molecule has 0 saturated carbocycles. The minimum atomic E-state index is -0.0730. The Morgan fingerprint density at radius 2 is 2.28 bits per heavy atom. The van der Waals surface area contributed by atoms with Crippen LogP contribution in [0, 0.1) is 18.8 Å². The van der Waals surface area contributed by atoms with Crippen LogP contribution in [0.3, 0.4) is 0 Å². The van der Waals surface area contributed by atoms with Crippen molar-refractivity contribution in [1.29, 1.82) is 0 Å². The van der Waals surface area contributed by atoms with Gasteiger partial charge in [-0.3, -0.25) is 4.79 Å². The molecule has 2 aliphatic heterocycles. The molecule has 3 heterocycles. The predicted molar refractivity (Wildman–Crippen MR) is 68.4 cm³/mol. The van der Waals surface area contributed by atoms with Gasteiger partial charge in [-0.2, -0.15) is 0 Å². The SMILES string of the molecule is Cc1cc(C(=O)N2CC3CNCC3C2(C)C)co1. The van der Waals surface area contributed by atoms with E-state index in [-0.39, 0.29) is 11.4 Å². The van der Waals surface area contributed by atoms with Crippen LogP contribution in [0.2, 0.25) is 0 Å². The lowest BCUT2D eigenvalue weighted by Gasteiger charge is -2.35. The molecule has 1 aromatic rings. The molecule has 18 heavy (non-hydrogen) atoms. The summed E-state index contributed by atoms with van der Waals surface area (Å²) in [7, 11) is 0. The van der Waals surface area contributed by atoms with Gasteiger partial charge >= 0.3 is 0 Å². The summed E-state index contributed by atoms with van der Waals surface area (Å²) in [5.74, 6) is 2.05. The summed E-state index contributed by atoms with van der Waals surface area (Å²) >= 11 is 0. The minimum Gasteiger partial charge on any atom is -0.469 e. The number of hydrogen-bond donors (Lipinski definition) is 1. The van der Waals surface area contributed by atoms with Crippen molar-refractivity contribution in [1.82, 2.24) is 10.2 Å². The van der Waals surface area contributed by atoms with E-state index >= 15 is 0 Å². The Hall–Kier alpha value is -1.29. The molecule has 2 saturated heterocycles. The molecule has 0 radical (unpaired) electrons. The molecule has 4 nitrogen and oxygen atoms in total. The predicted octanol–water partition coefficient (Wildman–Crippen LogP) is 1.66. The molecule has 1 N–H and O–H groups in total. The van der Waals surface area contributed by atoms with Gasteiger partial charge in [-0.05, 0) is 38.7 Å². The van der Waals surface area contributed by atoms with Crippen LogP contribution in [-0.4, -0.2) is 36.0 Å². The highest BCUT2D eigenvalue weighted by molar-refractivity contribution is 5.94. The summed E-state index contributed by atoms with van der Waals surface area (Å²) in [4.78, 5) is 14.6. The highest BCUT2D eigenvalue weighted by Crippen LogP contribution is 2.41. The molecule has 4 heteroatoms. The molecule has 2 atom stereocenters. The number of amides is 1. The smallest absolute Gasteiger partial charge is 0.257 e. The van der Waals surface area contributed by atoms with Crippen molar-refractivity contribution in [3.63, 3.8) is 0 Å². The second kappa shape index (κ2) is 3.85. The molecule has 0 aromatic carbocycles. The highest BCUT2D eigenvalue weighted by Gasteiger charge is 2.51. The van der Waals surface area contributed by atoms with Crippen molar-refractivity contribution in [3.8, 4) is 0 Å². The Kier molecular flexibility index (Phi) is 2.52. The number of carbonyl (C=O) groups is 1. The first-order valence-electron chi connectivity index (χ1n) is 6.58. The molecule has 0 spiro atoms. The van der Waals surface area contributed by atoms with E-state index in [4.69, 9.17) is 4.42 Å². The second-order valence-electron chi connectivity index (χ2n) is 6.04. The number of likely N-dealkylation sites (tertiary alicyclic amines) is 1. The molecule has 2 aliphatic rings. The number of nitrogens with one attached hydrogen (secondary N) is 1. The molecule has 1 amide bonds. The second-order valence-corrected chi connectivity index (χ2v) is 6.04. The molecular formula is C14H20N2O2. The number of rotatable bonds is 1. The van der Waals surface area contributed by atoms with Crippen LogP contribution >= 0.6 is 0 Å². The quantitative estimate of drug-likeness (QED) is 0.822. The molecule has 3 rings (SSSR count). The number of hydrogen-bond acceptors (Lipinski definition) is 3. The zero-order valence-electron chi connectivity index (χ0n) is 11.2. The van der Waals surface area contributed by atoms with Crippen molar-refractivity contribution in [2.45, 2.75) is 26.3 Å². The molecular weight excluding hydrogens is 228 g/mol. The van der Waals surface area contributed by atoms with Crippen LogP contribution in [0.4, 0.5) is 0 Å². The third kappa shape index (κ3) is 1.59. The molecule has 2 unspecified atom stereocenters. The largest absolute Gasteiger partial charge is 0.469 e. The molecule has 1 aromatic heterocycles. The summed E-state index contributed by atoms with van der Waals surface area (Å²) in [6.07, 6.45) is 1.57. The average molecular weight is 248 g/mol. The van der Waals surface area contributed by atoms with Crippen LogP contribution in [-0.2, 0) is 0 Å². The van der Waals surface area contributed by atoms with E-state index in [1.165, 1.54) is 0 Å². The third-order valence-corrected chi connectivity index (χ3v) is 4.58. The van der Waals surface area contributed by atoms with Crippen molar-refractivity contribution in [2.24, 2.45) is 11.8 Å². The Balaban J connectivity index is 1.87. The topological polar surface area (TPSA) is 45.5 Å². The Morgan fingerprint density at radius 3 is 2.89 bits per heavy atom. The normalized spacial score (nSPS) is 29.6. The van der Waals surface area contributed by atoms with Crippen molar-refractivity contribution < 1.29 is 9.21 Å². The molecule has 2 fully saturated rings. The third-order valence-electron chi connectivity index (χ3n) is 4.58. The monoisotopic (exact) mass is 248 g/mol. The van der Waals surface area contributed by atoms with Crippen LogP contribution in [0.25, 0.3) is 0 Å². The standard InChI is InChI=1S/C14H20N2O2/c1-9-4-10(8-18-9)13(17)16-7-11-5-15-6-12(11)14(16,2)3/h4,8,11-12,15H,5-7H2,1-3H3. The van der Waals surface area contributed by atoms with Crippen LogP contribution in [0.5, 0.6) is 0 Å². The first kappa shape index (κ1) is 11.8. The van der Waals surface area contributed by atoms with Crippen LogP contribution in [0.1, 0.15) is 30.0 Å². The molecule has 0 aliphatic carbocycles. The molecule has 0 bridgehead atoms. The minimum absolute atomic E-state index is 0.0730. The lowest BCUT2D eigenvalue weighted by Crippen LogP contribution is -2.47. The maximum Gasteiger partial charge on any atom is 0.257 e. The number of carbonyl (C=O) groups excluding carboxylic acids is 1. The number of fused-ring (bicyclic) bond motifs is 1. The van der Waals surface area contributed by atoms with E-state index in [1.807, 2.05) is 17.9 Å². The van der Waals surface area contributed by atoms with E-state index in [0.717, 1.165) is 25.4 Å². The van der Waals surface area contributed by atoms with E-state index in [2.05, 4.69) is 19.2 Å². The van der Waals surface area contributed by atoms with E-state index in [9.17, 15) is 4.79 Å². The Labute approximate surface area is 107 Å². The number of furan rings is 1. The first-order valence-corrected chi connectivity index (χ1v) is 6.58. The number of aryl methyl sites for hydroxylation is 1. The number of nitrogens with zero attached hydrogens (tertiary/aromatic N) is 1. The summed E-state index contributed by atoms with van der Waals surface area (Å²) in [6.45, 7) is 9.12. The zero-order chi connectivity index (χ0) is 12.9. The summed E-state index contributed by atoms with van der Waals surface area (Å²) in [6, 6.07) is 1.82. The zero-order valence-corrected chi connectivity index (χ0v) is 11.2. The summed E-state index contributed by atoms with van der Waals surface area (Å²) in [5.41, 5.74) is 0.602. The Bertz CT molecular complexity index is 478. The van der Waals surface area contributed by atoms with Gasteiger partial charge in [-0.15, -0.1) is 0 Å². The molecule has 98 valence electrons. The fourth-order valence-corrected chi connectivity index (χ4v) is 3.48. The Morgan fingerprint density at radius 1 is 1.50 bits per heavy atom.